The van der Waals surface area contributed by atoms with Crippen molar-refractivity contribution in [3.05, 3.63) is 70.5 Å². The first-order valence-electron chi connectivity index (χ1n) is 9.42. The number of aryl methyl sites for hydroxylation is 1. The molecule has 0 spiro atoms. The lowest BCUT2D eigenvalue weighted by Gasteiger charge is -2.23. The molecular weight excluding hydrogens is 421 g/mol. The third-order valence-corrected chi connectivity index (χ3v) is 7.16. The summed E-state index contributed by atoms with van der Waals surface area (Å²) in [4.78, 5) is 32.2. The number of carbonyl (C=O) groups is 2. The van der Waals surface area contributed by atoms with Gasteiger partial charge in [0.15, 0.2) is 0 Å². The van der Waals surface area contributed by atoms with Crippen LogP contribution in [-0.4, -0.2) is 39.4 Å². The standard InChI is InChI=1S/C22H20FN3O2S2/c1-13-6-5-9-17(14(13)2)25-20(27)18-11-29-12-26(18)22(28)19-10-24-21(30-19)15-7-3-4-8-16(15)23/h3-10,18H,11-12H2,1-2H3,(H,25,27)/t18-/m0/s1. The fourth-order valence-electron chi connectivity index (χ4n) is 3.24. The van der Waals surface area contributed by atoms with Gasteiger partial charge in [0.05, 0.1) is 12.1 Å². The molecule has 0 aliphatic carbocycles. The normalized spacial score (nSPS) is 16.0. The highest BCUT2D eigenvalue weighted by Crippen LogP contribution is 2.31. The van der Waals surface area contributed by atoms with Crippen LogP contribution in [0.1, 0.15) is 20.8 Å². The summed E-state index contributed by atoms with van der Waals surface area (Å²) in [5.74, 6) is 0.105. The van der Waals surface area contributed by atoms with Gasteiger partial charge in [0, 0.05) is 17.0 Å². The first-order valence-corrected chi connectivity index (χ1v) is 11.4. The van der Waals surface area contributed by atoms with Crippen molar-refractivity contribution in [2.24, 2.45) is 0 Å². The molecule has 1 aliphatic heterocycles. The summed E-state index contributed by atoms with van der Waals surface area (Å²) >= 11 is 2.67. The van der Waals surface area contributed by atoms with Gasteiger partial charge in [-0.25, -0.2) is 9.37 Å². The molecule has 2 heterocycles. The fraction of sp³-hybridized carbons (Fsp3) is 0.227. The number of thiazole rings is 1. The number of nitrogens with one attached hydrogen (secondary N) is 1. The van der Waals surface area contributed by atoms with E-state index in [9.17, 15) is 14.0 Å². The second-order valence-electron chi connectivity index (χ2n) is 7.04. The molecule has 1 saturated heterocycles. The Kier molecular flexibility index (Phi) is 5.87. The van der Waals surface area contributed by atoms with Crippen molar-refractivity contribution in [3.8, 4) is 10.6 Å². The Hall–Kier alpha value is -2.71. The van der Waals surface area contributed by atoms with Gasteiger partial charge in [0.2, 0.25) is 5.91 Å². The maximum atomic E-state index is 14.0. The van der Waals surface area contributed by atoms with E-state index < -0.39 is 6.04 Å². The molecule has 3 aromatic rings. The predicted molar refractivity (Wildman–Crippen MR) is 119 cm³/mol. The van der Waals surface area contributed by atoms with Crippen LogP contribution in [0.15, 0.2) is 48.7 Å². The Morgan fingerprint density at radius 3 is 2.77 bits per heavy atom. The van der Waals surface area contributed by atoms with Crippen molar-refractivity contribution >= 4 is 40.6 Å². The molecule has 5 nitrogen and oxygen atoms in total. The molecule has 4 rings (SSSR count). The highest BCUT2D eigenvalue weighted by molar-refractivity contribution is 7.99. The van der Waals surface area contributed by atoms with Crippen LogP contribution in [0.4, 0.5) is 10.1 Å². The summed E-state index contributed by atoms with van der Waals surface area (Å²) in [5, 5.41) is 3.40. The highest BCUT2D eigenvalue weighted by Gasteiger charge is 2.36. The highest BCUT2D eigenvalue weighted by atomic mass is 32.2. The van der Waals surface area contributed by atoms with E-state index in [2.05, 4.69) is 10.3 Å². The molecule has 30 heavy (non-hydrogen) atoms. The quantitative estimate of drug-likeness (QED) is 0.636. The summed E-state index contributed by atoms with van der Waals surface area (Å²) in [6, 6.07) is 11.5. The van der Waals surface area contributed by atoms with E-state index in [1.807, 2.05) is 32.0 Å². The zero-order valence-electron chi connectivity index (χ0n) is 16.5. The number of anilines is 1. The summed E-state index contributed by atoms with van der Waals surface area (Å²) in [5.41, 5.74) is 3.21. The largest absolute Gasteiger partial charge is 0.324 e. The number of nitrogens with zero attached hydrogens (tertiary/aromatic N) is 2. The van der Waals surface area contributed by atoms with Crippen LogP contribution in [0, 0.1) is 19.7 Å². The summed E-state index contributed by atoms with van der Waals surface area (Å²) in [6.45, 7) is 3.95. The van der Waals surface area contributed by atoms with Crippen LogP contribution >= 0.6 is 23.1 Å². The van der Waals surface area contributed by atoms with Gasteiger partial charge in [0.25, 0.3) is 5.91 Å². The van der Waals surface area contributed by atoms with Crippen molar-refractivity contribution in [3.63, 3.8) is 0 Å². The van der Waals surface area contributed by atoms with Crippen molar-refractivity contribution in [1.29, 1.82) is 0 Å². The Labute approximate surface area is 182 Å². The SMILES string of the molecule is Cc1cccc(NC(=O)[C@@H]2CSCN2C(=O)c2cnc(-c3ccccc3F)s2)c1C. The van der Waals surface area contributed by atoms with E-state index in [0.717, 1.165) is 28.2 Å². The minimum absolute atomic E-state index is 0.208. The zero-order valence-corrected chi connectivity index (χ0v) is 18.1. The number of amides is 2. The maximum absolute atomic E-state index is 14.0. The molecule has 0 bridgehead atoms. The Bertz CT molecular complexity index is 1120. The van der Waals surface area contributed by atoms with Crippen molar-refractivity contribution in [2.45, 2.75) is 19.9 Å². The van der Waals surface area contributed by atoms with E-state index in [4.69, 9.17) is 0 Å². The first kappa shape index (κ1) is 20.6. The monoisotopic (exact) mass is 441 g/mol. The lowest BCUT2D eigenvalue weighted by molar-refractivity contribution is -0.119. The molecule has 154 valence electrons. The number of aromatic nitrogens is 1. The van der Waals surface area contributed by atoms with Gasteiger partial charge in [-0.15, -0.1) is 23.1 Å². The lowest BCUT2D eigenvalue weighted by atomic mass is 10.1. The smallest absolute Gasteiger partial charge is 0.266 e. The van der Waals surface area contributed by atoms with Crippen LogP contribution in [0.5, 0.6) is 0 Å². The number of thioether (sulfide) groups is 1. The number of hydrogen-bond acceptors (Lipinski definition) is 5. The van der Waals surface area contributed by atoms with Crippen LogP contribution in [0.2, 0.25) is 0 Å². The van der Waals surface area contributed by atoms with Crippen molar-refractivity contribution < 1.29 is 14.0 Å². The zero-order chi connectivity index (χ0) is 21.3. The van der Waals surface area contributed by atoms with Gasteiger partial charge >= 0.3 is 0 Å². The van der Waals surface area contributed by atoms with E-state index in [-0.39, 0.29) is 17.6 Å². The molecule has 1 fully saturated rings. The fourth-order valence-corrected chi connectivity index (χ4v) is 5.29. The molecule has 0 unspecified atom stereocenters. The Balaban J connectivity index is 1.52. The number of halogens is 1. The topological polar surface area (TPSA) is 62.3 Å². The molecule has 0 radical (unpaired) electrons. The minimum atomic E-state index is -0.568. The van der Waals surface area contributed by atoms with Crippen LogP contribution < -0.4 is 5.32 Å². The molecule has 1 N–H and O–H groups in total. The second-order valence-corrected chi connectivity index (χ2v) is 9.07. The minimum Gasteiger partial charge on any atom is -0.324 e. The van der Waals surface area contributed by atoms with Crippen LogP contribution in [0.25, 0.3) is 10.6 Å². The van der Waals surface area contributed by atoms with E-state index in [1.54, 1.807) is 23.1 Å². The van der Waals surface area contributed by atoms with Gasteiger partial charge in [-0.05, 0) is 43.2 Å². The van der Waals surface area contributed by atoms with Crippen molar-refractivity contribution in [1.82, 2.24) is 9.88 Å². The number of rotatable bonds is 4. The maximum Gasteiger partial charge on any atom is 0.266 e. The second kappa shape index (κ2) is 8.57. The molecule has 2 amide bonds. The molecule has 1 aromatic heterocycles. The van der Waals surface area contributed by atoms with Gasteiger partial charge in [-0.2, -0.15) is 0 Å². The Morgan fingerprint density at radius 2 is 1.97 bits per heavy atom. The molecule has 2 aromatic carbocycles. The van der Waals surface area contributed by atoms with Gasteiger partial charge in [-0.3, -0.25) is 9.59 Å². The number of benzene rings is 2. The predicted octanol–water partition coefficient (Wildman–Crippen LogP) is 4.72. The third kappa shape index (κ3) is 3.97. The molecule has 1 atom stereocenters. The number of carbonyl (C=O) groups excluding carboxylic acids is 2. The van der Waals surface area contributed by atoms with E-state index >= 15 is 0 Å². The average Bonchev–Trinajstić information content (AvgIpc) is 3.41. The van der Waals surface area contributed by atoms with Crippen LogP contribution in [0.3, 0.4) is 0 Å². The van der Waals surface area contributed by atoms with E-state index in [1.165, 1.54) is 24.0 Å². The van der Waals surface area contributed by atoms with E-state index in [0.29, 0.717) is 27.1 Å². The molecule has 1 aliphatic rings. The van der Waals surface area contributed by atoms with Gasteiger partial charge in [-0.1, -0.05) is 24.3 Å². The molecule has 8 heteroatoms. The molecule has 0 saturated carbocycles. The van der Waals surface area contributed by atoms with Gasteiger partial charge < -0.3 is 10.2 Å². The summed E-state index contributed by atoms with van der Waals surface area (Å²) in [6.07, 6.45) is 1.46. The number of hydrogen-bond donors (Lipinski definition) is 1. The first-order chi connectivity index (χ1) is 14.5. The summed E-state index contributed by atoms with van der Waals surface area (Å²) < 4.78 is 14.0. The third-order valence-electron chi connectivity index (χ3n) is 5.13. The Morgan fingerprint density at radius 1 is 1.17 bits per heavy atom. The lowest BCUT2D eigenvalue weighted by Crippen LogP contribution is -2.44. The van der Waals surface area contributed by atoms with Crippen LogP contribution in [-0.2, 0) is 4.79 Å². The van der Waals surface area contributed by atoms with Gasteiger partial charge in [0.1, 0.15) is 21.7 Å². The van der Waals surface area contributed by atoms with Crippen molar-refractivity contribution in [2.75, 3.05) is 16.9 Å². The summed E-state index contributed by atoms with van der Waals surface area (Å²) in [7, 11) is 0. The molecular formula is C22H20FN3O2S2. The average molecular weight is 442 g/mol.